The zero-order chi connectivity index (χ0) is 21.3. The Morgan fingerprint density at radius 3 is 2.73 bits per heavy atom. The standard InChI is InChI=1S/C22H20F2N6/c1-15-8-18(5-7-27-15)21-19(23)9-17(13-28-21)10-20(24)22(30-14-25-2)29-12-16-4-3-6-26-11-16/h3-9,11,13-14,29H,2,10,12H2,1H3/b22-20+,30-14-. The molecule has 0 fully saturated rings. The number of pyridine rings is 3. The fourth-order valence-corrected chi connectivity index (χ4v) is 2.74. The highest BCUT2D eigenvalue weighted by atomic mass is 19.1. The molecule has 0 amide bonds. The Morgan fingerprint density at radius 1 is 1.17 bits per heavy atom. The number of rotatable bonds is 8. The van der Waals surface area contributed by atoms with Gasteiger partial charge >= 0.3 is 0 Å². The van der Waals surface area contributed by atoms with E-state index >= 15 is 0 Å². The van der Waals surface area contributed by atoms with Crippen LogP contribution in [0.3, 0.4) is 0 Å². The van der Waals surface area contributed by atoms with Gasteiger partial charge < -0.3 is 5.32 Å². The lowest BCUT2D eigenvalue weighted by Gasteiger charge is -2.09. The van der Waals surface area contributed by atoms with Gasteiger partial charge in [0.25, 0.3) is 0 Å². The normalized spacial score (nSPS) is 12.0. The number of hydrogen-bond acceptors (Lipinski definition) is 5. The van der Waals surface area contributed by atoms with E-state index in [-0.39, 0.29) is 17.9 Å². The smallest absolute Gasteiger partial charge is 0.160 e. The summed E-state index contributed by atoms with van der Waals surface area (Å²) in [6.45, 7) is 5.44. The number of hydrogen-bond donors (Lipinski definition) is 1. The van der Waals surface area contributed by atoms with E-state index in [1.54, 1.807) is 36.8 Å². The molecule has 1 N–H and O–H groups in total. The first-order valence-electron chi connectivity index (χ1n) is 9.14. The first kappa shape index (κ1) is 20.9. The first-order chi connectivity index (χ1) is 14.6. The van der Waals surface area contributed by atoms with E-state index in [2.05, 4.69) is 37.0 Å². The van der Waals surface area contributed by atoms with Gasteiger partial charge in [-0.1, -0.05) is 6.07 Å². The van der Waals surface area contributed by atoms with Gasteiger partial charge in [0.1, 0.15) is 23.7 Å². The molecule has 8 heteroatoms. The Kier molecular flexibility index (Phi) is 7.05. The summed E-state index contributed by atoms with van der Waals surface area (Å²) in [4.78, 5) is 19.7. The van der Waals surface area contributed by atoms with Crippen molar-refractivity contribution >= 4 is 13.1 Å². The molecule has 0 aliphatic rings. The Balaban J connectivity index is 1.80. The van der Waals surface area contributed by atoms with Crippen molar-refractivity contribution in [3.05, 3.63) is 89.4 Å². The van der Waals surface area contributed by atoms with Crippen molar-refractivity contribution in [1.29, 1.82) is 0 Å². The molecule has 0 aromatic carbocycles. The molecule has 0 unspecified atom stereocenters. The lowest BCUT2D eigenvalue weighted by Crippen LogP contribution is -2.14. The maximum atomic E-state index is 14.9. The number of aryl methyl sites for hydroxylation is 1. The molecule has 0 saturated carbocycles. The molecule has 0 aliphatic heterocycles. The number of nitrogens with zero attached hydrogens (tertiary/aromatic N) is 5. The van der Waals surface area contributed by atoms with Gasteiger partial charge in [-0.15, -0.1) is 0 Å². The Hall–Kier alpha value is -3.81. The number of halogens is 2. The lowest BCUT2D eigenvalue weighted by molar-refractivity contribution is 0.572. The number of nitrogens with one attached hydrogen (secondary N) is 1. The van der Waals surface area contributed by atoms with Crippen LogP contribution in [0.5, 0.6) is 0 Å². The molecule has 0 aliphatic carbocycles. The van der Waals surface area contributed by atoms with Crippen LogP contribution in [-0.4, -0.2) is 28.0 Å². The van der Waals surface area contributed by atoms with Crippen molar-refractivity contribution in [2.24, 2.45) is 9.98 Å². The molecule has 3 rings (SSSR count). The fourth-order valence-electron chi connectivity index (χ4n) is 2.74. The van der Waals surface area contributed by atoms with E-state index in [9.17, 15) is 8.78 Å². The van der Waals surface area contributed by atoms with E-state index in [1.165, 1.54) is 12.3 Å². The maximum Gasteiger partial charge on any atom is 0.160 e. The molecular formula is C22H20F2N6. The number of aromatic nitrogens is 3. The summed E-state index contributed by atoms with van der Waals surface area (Å²) in [5.74, 6) is -1.12. The van der Waals surface area contributed by atoms with Gasteiger partial charge in [-0.3, -0.25) is 19.9 Å². The highest BCUT2D eigenvalue weighted by Crippen LogP contribution is 2.23. The van der Waals surface area contributed by atoms with Crippen molar-refractivity contribution in [1.82, 2.24) is 20.3 Å². The highest BCUT2D eigenvalue weighted by molar-refractivity contribution is 5.63. The second kappa shape index (κ2) is 10.1. The maximum absolute atomic E-state index is 14.9. The summed E-state index contributed by atoms with van der Waals surface area (Å²) >= 11 is 0. The fraction of sp³-hybridized carbons (Fsp3) is 0.136. The zero-order valence-corrected chi connectivity index (χ0v) is 16.4. The van der Waals surface area contributed by atoms with Crippen LogP contribution in [0.15, 0.2) is 76.8 Å². The predicted octanol–water partition coefficient (Wildman–Crippen LogP) is 4.19. The minimum absolute atomic E-state index is 0.0134. The SMILES string of the molecule is C=N/C=N\C(NCc1cccnc1)=C(\F)Cc1cnc(-c2ccnc(C)c2)c(F)c1. The number of aliphatic imine (C=N–C) groups is 2. The molecule has 0 saturated heterocycles. The summed E-state index contributed by atoms with van der Waals surface area (Å²) in [7, 11) is 0. The summed E-state index contributed by atoms with van der Waals surface area (Å²) in [5.41, 5.74) is 2.79. The lowest BCUT2D eigenvalue weighted by atomic mass is 10.1. The van der Waals surface area contributed by atoms with E-state index in [1.807, 2.05) is 13.0 Å². The Morgan fingerprint density at radius 2 is 2.03 bits per heavy atom. The molecule has 6 nitrogen and oxygen atoms in total. The summed E-state index contributed by atoms with van der Waals surface area (Å²) in [6, 6.07) is 8.32. The Bertz CT molecular complexity index is 1080. The van der Waals surface area contributed by atoms with Crippen molar-refractivity contribution in [2.45, 2.75) is 19.9 Å². The molecule has 3 heterocycles. The van der Waals surface area contributed by atoms with Gasteiger partial charge in [-0.05, 0) is 49.0 Å². The van der Waals surface area contributed by atoms with E-state index in [0.29, 0.717) is 17.7 Å². The highest BCUT2D eigenvalue weighted by Gasteiger charge is 2.12. The van der Waals surface area contributed by atoms with Crippen LogP contribution in [0.1, 0.15) is 16.8 Å². The predicted molar refractivity (Wildman–Crippen MR) is 113 cm³/mol. The third kappa shape index (κ3) is 5.60. The molecule has 0 radical (unpaired) electrons. The van der Waals surface area contributed by atoms with Gasteiger partial charge in [0.2, 0.25) is 0 Å². The minimum Gasteiger partial charge on any atom is -0.364 e. The van der Waals surface area contributed by atoms with Crippen LogP contribution in [0, 0.1) is 12.7 Å². The van der Waals surface area contributed by atoms with E-state index < -0.39 is 11.6 Å². The molecule has 152 valence electrons. The summed E-state index contributed by atoms with van der Waals surface area (Å²) in [6.07, 6.45) is 7.31. The monoisotopic (exact) mass is 406 g/mol. The largest absolute Gasteiger partial charge is 0.364 e. The summed E-state index contributed by atoms with van der Waals surface area (Å²) < 4.78 is 29.4. The van der Waals surface area contributed by atoms with Crippen LogP contribution >= 0.6 is 0 Å². The summed E-state index contributed by atoms with van der Waals surface area (Å²) in [5, 5.41) is 2.91. The Labute approximate surface area is 173 Å². The molecular weight excluding hydrogens is 386 g/mol. The molecule has 0 atom stereocenters. The molecule has 3 aromatic heterocycles. The van der Waals surface area contributed by atoms with Crippen LogP contribution < -0.4 is 5.32 Å². The molecule has 3 aromatic rings. The average Bonchev–Trinajstić information content (AvgIpc) is 2.74. The van der Waals surface area contributed by atoms with Crippen LogP contribution in [0.4, 0.5) is 8.78 Å². The van der Waals surface area contributed by atoms with E-state index in [0.717, 1.165) is 17.6 Å². The van der Waals surface area contributed by atoms with E-state index in [4.69, 9.17) is 0 Å². The third-order valence-corrected chi connectivity index (χ3v) is 4.14. The zero-order valence-electron chi connectivity index (χ0n) is 16.4. The second-order valence-electron chi connectivity index (χ2n) is 6.43. The van der Waals surface area contributed by atoms with Crippen LogP contribution in [0.2, 0.25) is 0 Å². The molecule has 0 spiro atoms. The van der Waals surface area contributed by atoms with Crippen molar-refractivity contribution in [2.75, 3.05) is 0 Å². The number of allylic oxidation sites excluding steroid dienone is 1. The van der Waals surface area contributed by atoms with Gasteiger partial charge in [0, 0.05) is 49.0 Å². The minimum atomic E-state index is -0.576. The molecule has 0 bridgehead atoms. The van der Waals surface area contributed by atoms with Gasteiger partial charge in [0.15, 0.2) is 5.82 Å². The van der Waals surface area contributed by atoms with Crippen molar-refractivity contribution in [3.63, 3.8) is 0 Å². The van der Waals surface area contributed by atoms with Crippen LogP contribution in [0.25, 0.3) is 11.3 Å². The first-order valence-corrected chi connectivity index (χ1v) is 9.14. The third-order valence-electron chi connectivity index (χ3n) is 4.14. The van der Waals surface area contributed by atoms with Crippen LogP contribution in [-0.2, 0) is 13.0 Å². The second-order valence-corrected chi connectivity index (χ2v) is 6.43. The quantitative estimate of drug-likeness (QED) is 0.450. The molecule has 30 heavy (non-hydrogen) atoms. The van der Waals surface area contributed by atoms with Crippen molar-refractivity contribution < 1.29 is 8.78 Å². The van der Waals surface area contributed by atoms with Gasteiger partial charge in [0.05, 0.1) is 0 Å². The average molecular weight is 406 g/mol. The van der Waals surface area contributed by atoms with Gasteiger partial charge in [-0.25, -0.2) is 13.8 Å². The topological polar surface area (TPSA) is 75.4 Å². The van der Waals surface area contributed by atoms with Gasteiger partial charge in [-0.2, -0.15) is 0 Å². The van der Waals surface area contributed by atoms with Crippen molar-refractivity contribution in [3.8, 4) is 11.3 Å².